The number of phosphoric ester groups is 1. The van der Waals surface area contributed by atoms with E-state index < -0.39 is 20.0 Å². The van der Waals surface area contributed by atoms with Crippen LogP contribution in [0.4, 0.5) is 0 Å². The van der Waals surface area contributed by atoms with E-state index in [0.717, 1.165) is 89.9 Å². The molecule has 0 bridgehead atoms. The maximum atomic E-state index is 13.5. The number of rotatable bonds is 48. The van der Waals surface area contributed by atoms with Gasteiger partial charge in [-0.1, -0.05) is 227 Å². The Morgan fingerprint density at radius 2 is 0.914 bits per heavy atom. The average Bonchev–Trinajstić information content (AvgIpc) is 3.32. The molecule has 0 saturated carbocycles. The molecule has 3 unspecified atom stereocenters. The highest BCUT2D eigenvalue weighted by Crippen LogP contribution is 2.43. The van der Waals surface area contributed by atoms with Gasteiger partial charge in [0.25, 0.3) is 0 Å². The summed E-state index contributed by atoms with van der Waals surface area (Å²) in [5.74, 6) is -0.579. The van der Waals surface area contributed by atoms with Gasteiger partial charge in [-0.05, 0) is 76.7 Å². The van der Waals surface area contributed by atoms with Crippen LogP contribution in [0, 0.1) is 0 Å². The van der Waals surface area contributed by atoms with Crippen LogP contribution in [0.25, 0.3) is 0 Å². The predicted octanol–water partition coefficient (Wildman–Crippen LogP) is 16.6. The van der Waals surface area contributed by atoms with Gasteiger partial charge in [-0.25, -0.2) is 4.57 Å². The molecule has 0 aliphatic rings. The Morgan fingerprint density at radius 1 is 0.514 bits per heavy atom. The van der Waals surface area contributed by atoms with E-state index in [0.29, 0.717) is 23.9 Å². The second-order valence-corrected chi connectivity index (χ2v) is 21.0. The fraction of sp³-hybridized carbons (Fsp3) is 0.667. The van der Waals surface area contributed by atoms with Crippen LogP contribution in [0.1, 0.15) is 207 Å². The zero-order chi connectivity index (χ0) is 51.5. The molecular weight excluding hydrogens is 892 g/mol. The first kappa shape index (κ1) is 66.7. The Balaban J connectivity index is 5.51. The molecule has 0 rings (SSSR count). The van der Waals surface area contributed by atoms with E-state index in [1.54, 1.807) is 0 Å². The molecule has 10 heteroatoms. The average molecular weight is 996 g/mol. The second kappa shape index (κ2) is 49.3. The number of nitrogens with one attached hydrogen (secondary N) is 1. The smallest absolute Gasteiger partial charge is 0.456 e. The lowest BCUT2D eigenvalue weighted by molar-refractivity contribution is -0.870. The molecular formula is C60H104N2O7P+. The van der Waals surface area contributed by atoms with Crippen LogP contribution < -0.4 is 5.32 Å². The highest BCUT2D eigenvalue weighted by atomic mass is 31.2. The standard InChI is InChI=1S/C60H103N2O7P/c1-7-10-13-16-19-22-25-28-30-31-33-34-37-40-43-46-49-52-59(63)61-57(56-68-70(65,66)67-55-54-62(4,5)6)58(51-48-45-42-39-36-27-24-21-18-15-12-9-3)69-60(64)53-50-47-44-41-38-35-32-29-26-23-20-17-14-11-8-2/h10,13,16,19-20,22-23,25-26,28-31,33-34,37,48,51,57-58H,7-9,11-12,14-15,17-18,21,24,27,32,35-36,38-47,49-50,52-56H2,1-6H3,(H-,61,63,65,66)/p+1/b13-10-,19-16+,23-20+,25-22+,29-26+,30-28-,33-31+,37-34+,51-48+. The summed E-state index contributed by atoms with van der Waals surface area (Å²) in [6.45, 7) is 6.76. The van der Waals surface area contributed by atoms with E-state index in [4.69, 9.17) is 13.8 Å². The summed E-state index contributed by atoms with van der Waals surface area (Å²) in [5.41, 5.74) is 0. The molecule has 70 heavy (non-hydrogen) atoms. The number of hydrogen-bond donors (Lipinski definition) is 2. The van der Waals surface area contributed by atoms with Crippen LogP contribution in [0.5, 0.6) is 0 Å². The molecule has 0 saturated heterocycles. The maximum Gasteiger partial charge on any atom is 0.472 e. The number of phosphoric acid groups is 1. The number of amides is 1. The summed E-state index contributed by atoms with van der Waals surface area (Å²) in [5, 5.41) is 3.01. The normalized spacial score (nSPS) is 14.7. The van der Waals surface area contributed by atoms with Crippen LogP contribution >= 0.6 is 7.82 Å². The molecule has 0 aromatic heterocycles. The molecule has 3 atom stereocenters. The molecule has 1 amide bonds. The molecule has 0 aliphatic carbocycles. The third-order valence-electron chi connectivity index (χ3n) is 11.6. The molecule has 0 fully saturated rings. The topological polar surface area (TPSA) is 111 Å². The molecule has 0 radical (unpaired) electrons. The number of allylic oxidation sites excluding steroid dienone is 17. The Hall–Kier alpha value is -3.33. The molecule has 0 heterocycles. The van der Waals surface area contributed by atoms with Crippen molar-refractivity contribution in [2.75, 3.05) is 40.9 Å². The van der Waals surface area contributed by atoms with Crippen molar-refractivity contribution in [2.45, 2.75) is 219 Å². The number of ether oxygens (including phenoxy) is 1. The van der Waals surface area contributed by atoms with Gasteiger partial charge in [0.05, 0.1) is 33.8 Å². The minimum Gasteiger partial charge on any atom is -0.456 e. The lowest BCUT2D eigenvalue weighted by Crippen LogP contribution is -2.47. The molecule has 9 nitrogen and oxygen atoms in total. The summed E-state index contributed by atoms with van der Waals surface area (Å²) in [4.78, 5) is 37.5. The van der Waals surface area contributed by atoms with E-state index in [1.165, 1.54) is 70.6 Å². The van der Waals surface area contributed by atoms with Gasteiger partial charge in [-0.3, -0.25) is 18.6 Å². The van der Waals surface area contributed by atoms with Crippen molar-refractivity contribution < 1.29 is 37.3 Å². The minimum absolute atomic E-state index is 0.0229. The fourth-order valence-electron chi connectivity index (χ4n) is 7.31. The van der Waals surface area contributed by atoms with Gasteiger partial charge in [0.2, 0.25) is 5.91 Å². The van der Waals surface area contributed by atoms with Crippen LogP contribution in [0.15, 0.2) is 109 Å². The largest absolute Gasteiger partial charge is 0.472 e. The summed E-state index contributed by atoms with van der Waals surface area (Å²) >= 11 is 0. The van der Waals surface area contributed by atoms with Crippen molar-refractivity contribution in [1.29, 1.82) is 0 Å². The van der Waals surface area contributed by atoms with Gasteiger partial charge in [0.1, 0.15) is 19.3 Å². The molecule has 400 valence electrons. The van der Waals surface area contributed by atoms with E-state index in [9.17, 15) is 19.0 Å². The number of quaternary nitrogens is 1. The predicted molar refractivity (Wildman–Crippen MR) is 300 cm³/mol. The van der Waals surface area contributed by atoms with Gasteiger partial charge in [0, 0.05) is 12.8 Å². The van der Waals surface area contributed by atoms with E-state index in [1.807, 2.05) is 94.1 Å². The first-order valence-electron chi connectivity index (χ1n) is 27.8. The van der Waals surface area contributed by atoms with Crippen molar-refractivity contribution in [2.24, 2.45) is 0 Å². The molecule has 0 aromatic carbocycles. The number of hydrogen-bond acceptors (Lipinski definition) is 6. The van der Waals surface area contributed by atoms with E-state index in [2.05, 4.69) is 62.5 Å². The summed E-state index contributed by atoms with van der Waals surface area (Å²) in [6.07, 6.45) is 66.5. The van der Waals surface area contributed by atoms with Gasteiger partial charge in [0.15, 0.2) is 0 Å². The van der Waals surface area contributed by atoms with Crippen molar-refractivity contribution in [1.82, 2.24) is 5.32 Å². The Bertz CT molecular complexity index is 1570. The number of unbranched alkanes of at least 4 members (excludes halogenated alkanes) is 22. The monoisotopic (exact) mass is 996 g/mol. The van der Waals surface area contributed by atoms with E-state index >= 15 is 0 Å². The zero-order valence-corrected chi connectivity index (χ0v) is 46.4. The molecule has 0 spiro atoms. The number of carbonyl (C=O) groups excluding carboxylic acids is 2. The van der Waals surface area contributed by atoms with Gasteiger partial charge in [-0.15, -0.1) is 0 Å². The van der Waals surface area contributed by atoms with Crippen molar-refractivity contribution in [3.05, 3.63) is 109 Å². The Labute approximate surface area is 430 Å². The van der Waals surface area contributed by atoms with Crippen LogP contribution in [-0.4, -0.2) is 74.3 Å². The highest BCUT2D eigenvalue weighted by molar-refractivity contribution is 7.47. The first-order valence-corrected chi connectivity index (χ1v) is 29.3. The van der Waals surface area contributed by atoms with Gasteiger partial charge < -0.3 is 19.4 Å². The first-order chi connectivity index (χ1) is 33.9. The Morgan fingerprint density at radius 3 is 1.43 bits per heavy atom. The molecule has 0 aliphatic heterocycles. The number of likely N-dealkylation sites (N-methyl/N-ethyl adjacent to an activating group) is 1. The number of carbonyl (C=O) groups is 2. The van der Waals surface area contributed by atoms with Gasteiger partial charge in [-0.2, -0.15) is 0 Å². The van der Waals surface area contributed by atoms with E-state index in [-0.39, 0.29) is 37.9 Å². The van der Waals surface area contributed by atoms with Crippen LogP contribution in [-0.2, 0) is 27.9 Å². The van der Waals surface area contributed by atoms with Crippen LogP contribution in [0.2, 0.25) is 0 Å². The summed E-state index contributed by atoms with van der Waals surface area (Å²) < 4.78 is 30.5. The summed E-state index contributed by atoms with van der Waals surface area (Å²) in [7, 11) is 1.44. The quantitative estimate of drug-likeness (QED) is 0.0156. The zero-order valence-electron chi connectivity index (χ0n) is 45.5. The third-order valence-corrected chi connectivity index (χ3v) is 12.6. The lowest BCUT2D eigenvalue weighted by atomic mass is 10.0. The number of esters is 1. The highest BCUT2D eigenvalue weighted by Gasteiger charge is 2.30. The maximum absolute atomic E-state index is 13.5. The summed E-state index contributed by atoms with van der Waals surface area (Å²) in [6, 6.07) is -0.882. The fourth-order valence-corrected chi connectivity index (χ4v) is 8.05. The SMILES string of the molecule is CC\C=C/C=C/C=C/C=C\C=C\C=C\CCCCCC(=O)NC(COP(=O)(O)OCC[N+](C)(C)C)C(/C=C/CCCCCCCCCCCC)OC(=O)CCCCCCCC/C=C/C=C/CCCCC. The van der Waals surface area contributed by atoms with Crippen molar-refractivity contribution >= 4 is 19.7 Å². The van der Waals surface area contributed by atoms with Crippen molar-refractivity contribution in [3.63, 3.8) is 0 Å². The third kappa shape index (κ3) is 49.6. The Kier molecular flexibility index (Phi) is 46.9. The van der Waals surface area contributed by atoms with Gasteiger partial charge >= 0.3 is 13.8 Å². The van der Waals surface area contributed by atoms with Crippen molar-refractivity contribution in [3.8, 4) is 0 Å². The second-order valence-electron chi connectivity index (χ2n) is 19.6. The molecule has 0 aromatic rings. The van der Waals surface area contributed by atoms with Crippen LogP contribution in [0.3, 0.4) is 0 Å². The molecule has 2 N–H and O–H groups in total. The minimum atomic E-state index is -4.47. The number of nitrogens with zero attached hydrogens (tertiary/aromatic N) is 1. The lowest BCUT2D eigenvalue weighted by Gasteiger charge is -2.27.